The second-order valence-corrected chi connectivity index (χ2v) is 7.96. The van der Waals surface area contributed by atoms with Crippen molar-refractivity contribution >= 4 is 35.3 Å². The van der Waals surface area contributed by atoms with Crippen molar-refractivity contribution in [2.75, 3.05) is 31.1 Å². The Morgan fingerprint density at radius 3 is 2.89 bits per heavy atom. The molecule has 0 bridgehead atoms. The standard InChI is InChI=1S/C18H21N7OS2/c1-13(25-16(21-22-18(25)27)14-5-3-12-28-14)17(26)24-9-4-8-23(10-11-24)15-6-2-7-19-20-15/h2-3,5-7,12-13H,4,8-11H2,1H3,(H,22,27). The highest BCUT2D eigenvalue weighted by Crippen LogP contribution is 2.26. The van der Waals surface area contributed by atoms with Gasteiger partial charge in [-0.15, -0.1) is 16.4 Å². The molecule has 0 spiro atoms. The lowest BCUT2D eigenvalue weighted by Crippen LogP contribution is -2.39. The predicted octanol–water partition coefficient (Wildman–Crippen LogP) is 2.76. The second kappa shape index (κ2) is 8.19. The number of aromatic nitrogens is 5. The summed E-state index contributed by atoms with van der Waals surface area (Å²) < 4.78 is 2.27. The minimum absolute atomic E-state index is 0.0521. The number of hydrogen-bond acceptors (Lipinski definition) is 7. The number of carbonyl (C=O) groups is 1. The third-order valence-corrected chi connectivity index (χ3v) is 6.03. The zero-order chi connectivity index (χ0) is 19.5. The molecule has 4 heterocycles. The summed E-state index contributed by atoms with van der Waals surface area (Å²) in [6.07, 6.45) is 2.54. The third-order valence-electron chi connectivity index (χ3n) is 4.88. The molecule has 146 valence electrons. The van der Waals surface area contributed by atoms with Gasteiger partial charge in [-0.3, -0.25) is 14.5 Å². The number of nitrogens with one attached hydrogen (secondary N) is 1. The number of aromatic amines is 1. The lowest BCUT2D eigenvalue weighted by Gasteiger charge is -2.25. The van der Waals surface area contributed by atoms with Crippen molar-refractivity contribution in [2.45, 2.75) is 19.4 Å². The molecule has 1 N–H and O–H groups in total. The number of rotatable bonds is 4. The van der Waals surface area contributed by atoms with Crippen molar-refractivity contribution < 1.29 is 4.79 Å². The van der Waals surface area contributed by atoms with Gasteiger partial charge in [-0.25, -0.2) is 0 Å². The number of amides is 1. The molecule has 0 aromatic carbocycles. The molecule has 3 aromatic heterocycles. The quantitative estimate of drug-likeness (QED) is 0.660. The van der Waals surface area contributed by atoms with Crippen LogP contribution in [-0.2, 0) is 4.79 Å². The van der Waals surface area contributed by atoms with Gasteiger partial charge in [0.05, 0.1) is 4.88 Å². The minimum Gasteiger partial charge on any atom is -0.353 e. The van der Waals surface area contributed by atoms with Crippen molar-refractivity contribution in [1.29, 1.82) is 0 Å². The zero-order valence-electron chi connectivity index (χ0n) is 15.5. The first-order valence-electron chi connectivity index (χ1n) is 9.17. The van der Waals surface area contributed by atoms with Crippen LogP contribution in [0.3, 0.4) is 0 Å². The minimum atomic E-state index is -0.425. The molecular formula is C18H21N7OS2. The summed E-state index contributed by atoms with van der Waals surface area (Å²) in [6, 6.07) is 7.35. The maximum absolute atomic E-state index is 13.2. The molecule has 0 saturated carbocycles. The SMILES string of the molecule is CC(C(=O)N1CCCN(c2cccnn2)CC1)n1c(-c2cccs2)n[nH]c1=S. The fraction of sp³-hybridized carbons (Fsp3) is 0.389. The first-order chi connectivity index (χ1) is 13.6. The maximum Gasteiger partial charge on any atom is 0.245 e. The number of carbonyl (C=O) groups excluding carboxylic acids is 1. The van der Waals surface area contributed by atoms with Crippen LogP contribution < -0.4 is 4.90 Å². The van der Waals surface area contributed by atoms with Crippen LogP contribution in [0.1, 0.15) is 19.4 Å². The van der Waals surface area contributed by atoms with Gasteiger partial charge in [0.2, 0.25) is 5.91 Å². The molecule has 4 rings (SSSR count). The highest BCUT2D eigenvalue weighted by atomic mass is 32.1. The normalized spacial score (nSPS) is 16.0. The van der Waals surface area contributed by atoms with Crippen molar-refractivity contribution in [3.63, 3.8) is 0 Å². The fourth-order valence-corrected chi connectivity index (χ4v) is 4.45. The van der Waals surface area contributed by atoms with E-state index in [1.165, 1.54) is 0 Å². The second-order valence-electron chi connectivity index (χ2n) is 6.62. The highest BCUT2D eigenvalue weighted by molar-refractivity contribution is 7.71. The van der Waals surface area contributed by atoms with E-state index in [2.05, 4.69) is 25.3 Å². The Bertz CT molecular complexity index is 983. The predicted molar refractivity (Wildman–Crippen MR) is 111 cm³/mol. The number of H-pyrrole nitrogens is 1. The Morgan fingerprint density at radius 2 is 2.14 bits per heavy atom. The lowest BCUT2D eigenvalue weighted by atomic mass is 10.2. The monoisotopic (exact) mass is 415 g/mol. The van der Waals surface area contributed by atoms with Crippen LogP contribution in [0.15, 0.2) is 35.8 Å². The largest absolute Gasteiger partial charge is 0.353 e. The van der Waals surface area contributed by atoms with Crippen LogP contribution in [0.4, 0.5) is 5.82 Å². The number of thiophene rings is 1. The summed E-state index contributed by atoms with van der Waals surface area (Å²) in [6.45, 7) is 4.81. The Morgan fingerprint density at radius 1 is 1.25 bits per heavy atom. The Hall–Kier alpha value is -2.59. The van der Waals surface area contributed by atoms with Gasteiger partial charge in [0.15, 0.2) is 16.4 Å². The molecule has 1 amide bonds. The van der Waals surface area contributed by atoms with Crippen molar-refractivity contribution in [1.82, 2.24) is 29.9 Å². The van der Waals surface area contributed by atoms with Gasteiger partial charge in [0, 0.05) is 32.4 Å². The molecular weight excluding hydrogens is 394 g/mol. The smallest absolute Gasteiger partial charge is 0.245 e. The van der Waals surface area contributed by atoms with Gasteiger partial charge >= 0.3 is 0 Å². The molecule has 0 aliphatic carbocycles. The molecule has 10 heteroatoms. The third kappa shape index (κ3) is 3.69. The summed E-state index contributed by atoms with van der Waals surface area (Å²) >= 11 is 6.98. The number of hydrogen-bond donors (Lipinski definition) is 1. The van der Waals surface area contributed by atoms with Gasteiger partial charge < -0.3 is 9.80 Å². The average molecular weight is 416 g/mol. The summed E-state index contributed by atoms with van der Waals surface area (Å²) in [5.74, 6) is 1.61. The number of nitrogens with zero attached hydrogens (tertiary/aromatic N) is 6. The zero-order valence-corrected chi connectivity index (χ0v) is 17.1. The van der Waals surface area contributed by atoms with E-state index in [-0.39, 0.29) is 5.91 Å². The van der Waals surface area contributed by atoms with E-state index in [9.17, 15) is 4.79 Å². The van der Waals surface area contributed by atoms with Crippen molar-refractivity contribution in [2.24, 2.45) is 0 Å². The van der Waals surface area contributed by atoms with Crippen LogP contribution in [-0.4, -0.2) is 61.9 Å². The highest BCUT2D eigenvalue weighted by Gasteiger charge is 2.27. The van der Waals surface area contributed by atoms with Crippen LogP contribution in [0.2, 0.25) is 0 Å². The number of anilines is 1. The van der Waals surface area contributed by atoms with Gasteiger partial charge in [0.1, 0.15) is 6.04 Å². The van der Waals surface area contributed by atoms with E-state index >= 15 is 0 Å². The maximum atomic E-state index is 13.2. The van der Waals surface area contributed by atoms with Gasteiger partial charge in [-0.1, -0.05) is 6.07 Å². The van der Waals surface area contributed by atoms with E-state index in [1.807, 2.05) is 46.0 Å². The molecule has 1 unspecified atom stereocenters. The lowest BCUT2D eigenvalue weighted by molar-refractivity contribution is -0.134. The van der Waals surface area contributed by atoms with Gasteiger partial charge in [0.25, 0.3) is 0 Å². The summed E-state index contributed by atoms with van der Waals surface area (Å²) in [7, 11) is 0. The van der Waals surface area contributed by atoms with E-state index < -0.39 is 6.04 Å². The molecule has 1 atom stereocenters. The molecule has 0 radical (unpaired) electrons. The van der Waals surface area contributed by atoms with E-state index in [0.29, 0.717) is 23.7 Å². The van der Waals surface area contributed by atoms with E-state index in [0.717, 1.165) is 30.2 Å². The van der Waals surface area contributed by atoms with Gasteiger partial charge in [-0.2, -0.15) is 10.2 Å². The van der Waals surface area contributed by atoms with E-state index in [4.69, 9.17) is 12.2 Å². The van der Waals surface area contributed by atoms with Crippen LogP contribution >= 0.6 is 23.6 Å². The molecule has 8 nitrogen and oxygen atoms in total. The Labute approximate surface area is 171 Å². The Kier molecular flexibility index (Phi) is 5.49. The topological polar surface area (TPSA) is 82.9 Å². The molecule has 28 heavy (non-hydrogen) atoms. The van der Waals surface area contributed by atoms with Crippen molar-refractivity contribution in [3.05, 3.63) is 40.6 Å². The van der Waals surface area contributed by atoms with E-state index in [1.54, 1.807) is 17.5 Å². The summed E-state index contributed by atoms with van der Waals surface area (Å²) in [5, 5.41) is 17.3. The molecule has 1 aliphatic rings. The molecule has 1 aliphatic heterocycles. The van der Waals surface area contributed by atoms with Gasteiger partial charge in [-0.05, 0) is 49.1 Å². The summed E-state index contributed by atoms with van der Waals surface area (Å²) in [5.41, 5.74) is 0. The summed E-state index contributed by atoms with van der Waals surface area (Å²) in [4.78, 5) is 18.3. The Balaban J connectivity index is 1.51. The molecule has 1 saturated heterocycles. The average Bonchev–Trinajstić information content (AvgIpc) is 3.31. The van der Waals surface area contributed by atoms with Crippen molar-refractivity contribution in [3.8, 4) is 10.7 Å². The van der Waals surface area contributed by atoms with Crippen LogP contribution in [0.25, 0.3) is 10.7 Å². The first-order valence-corrected chi connectivity index (χ1v) is 10.5. The fourth-order valence-electron chi connectivity index (χ4n) is 3.45. The molecule has 1 fully saturated rings. The first kappa shape index (κ1) is 18.8. The molecule has 3 aromatic rings. The van der Waals surface area contributed by atoms with Crippen LogP contribution in [0, 0.1) is 4.77 Å². The van der Waals surface area contributed by atoms with Crippen LogP contribution in [0.5, 0.6) is 0 Å².